The van der Waals surface area contributed by atoms with Crippen LogP contribution in [0.1, 0.15) is 25.7 Å². The standard InChI is InChI=1S/C15H29N3O2/c1-17(2)11-13-5-9-18(10-6-13)15(19)12-20-14-3-7-16-8-4-14/h13-14,16H,3-12H2,1-2H3. The Morgan fingerprint density at radius 3 is 2.45 bits per heavy atom. The number of nitrogens with one attached hydrogen (secondary N) is 1. The molecule has 5 heteroatoms. The molecule has 0 aliphatic carbocycles. The van der Waals surface area contributed by atoms with Crippen molar-refractivity contribution < 1.29 is 9.53 Å². The van der Waals surface area contributed by atoms with E-state index in [1.54, 1.807) is 0 Å². The van der Waals surface area contributed by atoms with E-state index in [9.17, 15) is 4.79 Å². The SMILES string of the molecule is CN(C)CC1CCN(C(=O)COC2CCNCC2)CC1. The Hall–Kier alpha value is -0.650. The Bertz CT molecular complexity index is 295. The Morgan fingerprint density at radius 1 is 1.20 bits per heavy atom. The van der Waals surface area contributed by atoms with Crippen molar-refractivity contribution in [1.29, 1.82) is 0 Å². The molecule has 0 aromatic heterocycles. The Labute approximate surface area is 122 Å². The predicted molar refractivity (Wildman–Crippen MR) is 79.7 cm³/mol. The molecule has 2 rings (SSSR count). The molecule has 0 bridgehead atoms. The first-order chi connectivity index (χ1) is 9.65. The lowest BCUT2D eigenvalue weighted by Crippen LogP contribution is -2.43. The normalized spacial score (nSPS) is 22.4. The van der Waals surface area contributed by atoms with Crippen molar-refractivity contribution in [1.82, 2.24) is 15.1 Å². The summed E-state index contributed by atoms with van der Waals surface area (Å²) in [5, 5.41) is 3.31. The van der Waals surface area contributed by atoms with E-state index in [1.807, 2.05) is 4.90 Å². The highest BCUT2D eigenvalue weighted by Crippen LogP contribution is 2.18. The van der Waals surface area contributed by atoms with E-state index >= 15 is 0 Å². The molecule has 0 aromatic carbocycles. The molecule has 2 fully saturated rings. The average Bonchev–Trinajstić information content (AvgIpc) is 2.46. The first kappa shape index (κ1) is 15.7. The summed E-state index contributed by atoms with van der Waals surface area (Å²) in [6.45, 7) is 5.21. The van der Waals surface area contributed by atoms with E-state index in [2.05, 4.69) is 24.3 Å². The maximum absolute atomic E-state index is 12.1. The molecule has 5 nitrogen and oxygen atoms in total. The van der Waals surface area contributed by atoms with Crippen molar-refractivity contribution in [2.75, 3.05) is 53.4 Å². The van der Waals surface area contributed by atoms with Crippen LogP contribution in [0.25, 0.3) is 0 Å². The van der Waals surface area contributed by atoms with Gasteiger partial charge in [0.15, 0.2) is 0 Å². The van der Waals surface area contributed by atoms with Crippen molar-refractivity contribution in [2.24, 2.45) is 5.92 Å². The molecule has 2 aliphatic rings. The van der Waals surface area contributed by atoms with Gasteiger partial charge < -0.3 is 19.9 Å². The van der Waals surface area contributed by atoms with Gasteiger partial charge in [-0.15, -0.1) is 0 Å². The quantitative estimate of drug-likeness (QED) is 0.800. The van der Waals surface area contributed by atoms with E-state index in [0.717, 1.165) is 64.3 Å². The summed E-state index contributed by atoms with van der Waals surface area (Å²) in [5.41, 5.74) is 0. The van der Waals surface area contributed by atoms with E-state index in [-0.39, 0.29) is 18.6 Å². The van der Waals surface area contributed by atoms with Crippen LogP contribution in [0.5, 0.6) is 0 Å². The van der Waals surface area contributed by atoms with Crippen LogP contribution >= 0.6 is 0 Å². The van der Waals surface area contributed by atoms with Gasteiger partial charge in [0, 0.05) is 19.6 Å². The van der Waals surface area contributed by atoms with Gasteiger partial charge >= 0.3 is 0 Å². The van der Waals surface area contributed by atoms with Gasteiger partial charge in [-0.1, -0.05) is 0 Å². The molecule has 2 saturated heterocycles. The first-order valence-electron chi connectivity index (χ1n) is 7.90. The highest BCUT2D eigenvalue weighted by molar-refractivity contribution is 5.77. The largest absolute Gasteiger partial charge is 0.368 e. The van der Waals surface area contributed by atoms with E-state index in [0.29, 0.717) is 0 Å². The van der Waals surface area contributed by atoms with Gasteiger partial charge in [-0.05, 0) is 58.8 Å². The van der Waals surface area contributed by atoms with Gasteiger partial charge in [-0.3, -0.25) is 4.79 Å². The monoisotopic (exact) mass is 283 g/mol. The molecule has 0 radical (unpaired) electrons. The summed E-state index contributed by atoms with van der Waals surface area (Å²) in [4.78, 5) is 16.4. The number of amides is 1. The van der Waals surface area contributed by atoms with Gasteiger partial charge in [0.1, 0.15) is 6.61 Å². The van der Waals surface area contributed by atoms with E-state index in [4.69, 9.17) is 4.74 Å². The maximum atomic E-state index is 12.1. The molecule has 20 heavy (non-hydrogen) atoms. The second kappa shape index (κ2) is 7.96. The zero-order valence-corrected chi connectivity index (χ0v) is 12.9. The molecule has 0 spiro atoms. The zero-order valence-electron chi connectivity index (χ0n) is 12.9. The van der Waals surface area contributed by atoms with Crippen molar-refractivity contribution in [3.63, 3.8) is 0 Å². The molecular formula is C15H29N3O2. The summed E-state index contributed by atoms with van der Waals surface area (Å²) in [5.74, 6) is 0.909. The molecule has 1 amide bonds. The Morgan fingerprint density at radius 2 is 1.85 bits per heavy atom. The number of hydrogen-bond acceptors (Lipinski definition) is 4. The number of hydrogen-bond donors (Lipinski definition) is 1. The fraction of sp³-hybridized carbons (Fsp3) is 0.933. The van der Waals surface area contributed by atoms with Crippen molar-refractivity contribution in [3.8, 4) is 0 Å². The van der Waals surface area contributed by atoms with Crippen LogP contribution in [0.4, 0.5) is 0 Å². The number of carbonyl (C=O) groups is 1. The number of ether oxygens (including phenoxy) is 1. The molecular weight excluding hydrogens is 254 g/mol. The molecule has 0 unspecified atom stereocenters. The molecule has 1 N–H and O–H groups in total. The van der Waals surface area contributed by atoms with Gasteiger partial charge in [0.25, 0.3) is 0 Å². The van der Waals surface area contributed by atoms with Crippen LogP contribution in [0.3, 0.4) is 0 Å². The molecule has 0 saturated carbocycles. The minimum absolute atomic E-state index is 0.173. The highest BCUT2D eigenvalue weighted by atomic mass is 16.5. The minimum atomic E-state index is 0.173. The summed E-state index contributed by atoms with van der Waals surface area (Å²) >= 11 is 0. The molecule has 0 atom stereocenters. The predicted octanol–water partition coefficient (Wildman–Crippen LogP) is 0.555. The van der Waals surface area contributed by atoms with E-state index in [1.165, 1.54) is 0 Å². The fourth-order valence-electron chi connectivity index (χ4n) is 3.12. The third-order valence-electron chi connectivity index (χ3n) is 4.32. The number of rotatable bonds is 5. The number of likely N-dealkylation sites (tertiary alicyclic amines) is 1. The lowest BCUT2D eigenvalue weighted by molar-refractivity contribution is -0.140. The molecule has 2 heterocycles. The number of nitrogens with zero attached hydrogens (tertiary/aromatic N) is 2. The third-order valence-corrected chi connectivity index (χ3v) is 4.32. The van der Waals surface area contributed by atoms with Gasteiger partial charge in [0.2, 0.25) is 5.91 Å². The topological polar surface area (TPSA) is 44.8 Å². The van der Waals surface area contributed by atoms with Crippen LogP contribution in [-0.4, -0.2) is 75.2 Å². The third kappa shape index (κ3) is 5.04. The second-order valence-corrected chi connectivity index (χ2v) is 6.35. The van der Waals surface area contributed by atoms with Crippen molar-refractivity contribution >= 4 is 5.91 Å². The molecule has 2 aliphatic heterocycles. The summed E-state index contributed by atoms with van der Waals surface area (Å²) in [6, 6.07) is 0. The summed E-state index contributed by atoms with van der Waals surface area (Å²) in [7, 11) is 4.23. The van der Waals surface area contributed by atoms with Crippen LogP contribution in [-0.2, 0) is 9.53 Å². The van der Waals surface area contributed by atoms with E-state index < -0.39 is 0 Å². The van der Waals surface area contributed by atoms with Crippen molar-refractivity contribution in [2.45, 2.75) is 31.8 Å². The molecule has 116 valence electrons. The van der Waals surface area contributed by atoms with Crippen LogP contribution in [0.15, 0.2) is 0 Å². The van der Waals surface area contributed by atoms with Gasteiger partial charge in [-0.2, -0.15) is 0 Å². The Kier molecular flexibility index (Phi) is 6.26. The van der Waals surface area contributed by atoms with Crippen LogP contribution in [0, 0.1) is 5.92 Å². The van der Waals surface area contributed by atoms with Crippen LogP contribution in [0.2, 0.25) is 0 Å². The first-order valence-corrected chi connectivity index (χ1v) is 7.90. The zero-order chi connectivity index (χ0) is 14.4. The smallest absolute Gasteiger partial charge is 0.248 e. The highest BCUT2D eigenvalue weighted by Gasteiger charge is 2.24. The van der Waals surface area contributed by atoms with Crippen LogP contribution < -0.4 is 5.32 Å². The Balaban J connectivity index is 1.64. The summed E-state index contributed by atoms with van der Waals surface area (Å²) < 4.78 is 5.75. The second-order valence-electron chi connectivity index (χ2n) is 6.35. The maximum Gasteiger partial charge on any atom is 0.248 e. The lowest BCUT2D eigenvalue weighted by atomic mass is 9.96. The van der Waals surface area contributed by atoms with Gasteiger partial charge in [-0.25, -0.2) is 0 Å². The number of piperidine rings is 2. The average molecular weight is 283 g/mol. The van der Waals surface area contributed by atoms with Gasteiger partial charge in [0.05, 0.1) is 6.10 Å². The minimum Gasteiger partial charge on any atom is -0.368 e. The molecule has 0 aromatic rings. The number of carbonyl (C=O) groups excluding carboxylic acids is 1. The summed E-state index contributed by atoms with van der Waals surface area (Å²) in [6.07, 6.45) is 4.57. The fourth-order valence-corrected chi connectivity index (χ4v) is 3.12. The lowest BCUT2D eigenvalue weighted by Gasteiger charge is -2.33. The van der Waals surface area contributed by atoms with Crippen molar-refractivity contribution in [3.05, 3.63) is 0 Å².